The Kier molecular flexibility index (Phi) is 2.99. The number of carbonyl (C=O) groups excluding carboxylic acids is 1. The normalized spacial score (nSPS) is 24.6. The summed E-state index contributed by atoms with van der Waals surface area (Å²) in [6.45, 7) is 6.38. The van der Waals surface area contributed by atoms with Crippen molar-refractivity contribution in [1.82, 2.24) is 5.32 Å². The van der Waals surface area contributed by atoms with E-state index in [9.17, 15) is 4.79 Å². The fourth-order valence-corrected chi connectivity index (χ4v) is 2.44. The molecule has 1 saturated heterocycles. The molecule has 2 rings (SSSR count). The molecule has 1 fully saturated rings. The molecule has 2 heteroatoms. The summed E-state index contributed by atoms with van der Waals surface area (Å²) in [5.74, 6) is 0.548. The molecule has 0 bridgehead atoms. The second kappa shape index (κ2) is 4.28. The van der Waals surface area contributed by atoms with Crippen molar-refractivity contribution in [2.24, 2.45) is 0 Å². The van der Waals surface area contributed by atoms with Crippen molar-refractivity contribution >= 4 is 5.91 Å². The summed E-state index contributed by atoms with van der Waals surface area (Å²) in [7, 11) is 0. The van der Waals surface area contributed by atoms with Gasteiger partial charge in [-0.05, 0) is 37.0 Å². The molecule has 1 aliphatic heterocycles. The van der Waals surface area contributed by atoms with Gasteiger partial charge in [-0.15, -0.1) is 0 Å². The van der Waals surface area contributed by atoms with Gasteiger partial charge >= 0.3 is 0 Å². The van der Waals surface area contributed by atoms with Crippen LogP contribution in [0.1, 0.15) is 42.4 Å². The third-order valence-corrected chi connectivity index (χ3v) is 3.64. The van der Waals surface area contributed by atoms with Gasteiger partial charge in [-0.25, -0.2) is 0 Å². The standard InChI is InChI=1S/C14H19NO/c1-4-13-12(8-14(16)15-13)11-6-5-9(2)10(3)7-11/h5-7,12-13H,4,8H2,1-3H3,(H,15,16). The second-order valence-corrected chi connectivity index (χ2v) is 4.74. The van der Waals surface area contributed by atoms with E-state index in [1.165, 1.54) is 16.7 Å². The highest BCUT2D eigenvalue weighted by atomic mass is 16.2. The molecule has 1 aromatic rings. The second-order valence-electron chi connectivity index (χ2n) is 4.74. The highest BCUT2D eigenvalue weighted by Crippen LogP contribution is 2.30. The van der Waals surface area contributed by atoms with Crippen molar-refractivity contribution in [3.63, 3.8) is 0 Å². The SMILES string of the molecule is CCC1NC(=O)CC1c1ccc(C)c(C)c1. The summed E-state index contributed by atoms with van der Waals surface area (Å²) in [5.41, 5.74) is 3.93. The quantitative estimate of drug-likeness (QED) is 0.810. The minimum Gasteiger partial charge on any atom is -0.353 e. The topological polar surface area (TPSA) is 29.1 Å². The zero-order valence-electron chi connectivity index (χ0n) is 10.2. The fraction of sp³-hybridized carbons (Fsp3) is 0.500. The lowest BCUT2D eigenvalue weighted by Gasteiger charge is -2.18. The van der Waals surface area contributed by atoms with Crippen molar-refractivity contribution in [2.75, 3.05) is 0 Å². The molecule has 2 unspecified atom stereocenters. The van der Waals surface area contributed by atoms with Crippen LogP contribution in [0.3, 0.4) is 0 Å². The van der Waals surface area contributed by atoms with Crippen LogP contribution in [0.4, 0.5) is 0 Å². The Hall–Kier alpha value is -1.31. The minimum absolute atomic E-state index is 0.190. The average molecular weight is 217 g/mol. The largest absolute Gasteiger partial charge is 0.353 e. The van der Waals surface area contributed by atoms with Crippen LogP contribution in [0, 0.1) is 13.8 Å². The zero-order chi connectivity index (χ0) is 11.7. The molecule has 16 heavy (non-hydrogen) atoms. The predicted octanol–water partition coefficient (Wildman–Crippen LogP) is 2.69. The van der Waals surface area contributed by atoms with Crippen LogP contribution in [0.15, 0.2) is 18.2 Å². The third-order valence-electron chi connectivity index (χ3n) is 3.64. The van der Waals surface area contributed by atoms with Crippen molar-refractivity contribution in [3.8, 4) is 0 Å². The summed E-state index contributed by atoms with van der Waals surface area (Å²) in [6.07, 6.45) is 1.64. The van der Waals surface area contributed by atoms with Crippen molar-refractivity contribution in [2.45, 2.75) is 45.6 Å². The summed E-state index contributed by atoms with van der Waals surface area (Å²) in [6, 6.07) is 6.86. The minimum atomic E-state index is 0.190. The molecule has 0 saturated carbocycles. The monoisotopic (exact) mass is 217 g/mol. The maximum Gasteiger partial charge on any atom is 0.220 e. The van der Waals surface area contributed by atoms with E-state index in [1.807, 2.05) is 0 Å². The van der Waals surface area contributed by atoms with E-state index < -0.39 is 0 Å². The molecule has 86 valence electrons. The van der Waals surface area contributed by atoms with Gasteiger partial charge in [-0.2, -0.15) is 0 Å². The van der Waals surface area contributed by atoms with E-state index in [-0.39, 0.29) is 5.91 Å². The lowest BCUT2D eigenvalue weighted by molar-refractivity contribution is -0.119. The van der Waals surface area contributed by atoms with Crippen molar-refractivity contribution in [3.05, 3.63) is 34.9 Å². The van der Waals surface area contributed by atoms with Gasteiger partial charge in [0.2, 0.25) is 5.91 Å². The summed E-state index contributed by atoms with van der Waals surface area (Å²) in [4.78, 5) is 11.4. The van der Waals surface area contributed by atoms with E-state index in [0.29, 0.717) is 18.4 Å². The molecule has 0 spiro atoms. The van der Waals surface area contributed by atoms with Crippen molar-refractivity contribution < 1.29 is 4.79 Å². The van der Waals surface area contributed by atoms with Crippen LogP contribution in [-0.2, 0) is 4.79 Å². The van der Waals surface area contributed by atoms with E-state index in [0.717, 1.165) is 6.42 Å². The molecule has 1 N–H and O–H groups in total. The van der Waals surface area contributed by atoms with Gasteiger partial charge in [0, 0.05) is 18.4 Å². The number of hydrogen-bond donors (Lipinski definition) is 1. The molecule has 1 aromatic carbocycles. The Morgan fingerprint density at radius 2 is 2.06 bits per heavy atom. The van der Waals surface area contributed by atoms with Crippen LogP contribution in [0.25, 0.3) is 0 Å². The first-order valence-corrected chi connectivity index (χ1v) is 5.98. The van der Waals surface area contributed by atoms with Gasteiger partial charge in [0.25, 0.3) is 0 Å². The molecule has 2 atom stereocenters. The first kappa shape index (κ1) is 11.2. The number of rotatable bonds is 2. The molecule has 0 aromatic heterocycles. The molecule has 0 radical (unpaired) electrons. The summed E-state index contributed by atoms with van der Waals surface area (Å²) in [5, 5.41) is 3.05. The van der Waals surface area contributed by atoms with E-state index in [1.54, 1.807) is 0 Å². The molecule has 1 aliphatic rings. The first-order chi connectivity index (χ1) is 7.61. The summed E-state index contributed by atoms with van der Waals surface area (Å²) >= 11 is 0. The molecule has 0 aliphatic carbocycles. The lowest BCUT2D eigenvalue weighted by atomic mass is 9.89. The smallest absolute Gasteiger partial charge is 0.220 e. The third kappa shape index (κ3) is 1.97. The van der Waals surface area contributed by atoms with Crippen LogP contribution >= 0.6 is 0 Å². The average Bonchev–Trinajstić information content (AvgIpc) is 2.63. The fourth-order valence-electron chi connectivity index (χ4n) is 2.44. The van der Waals surface area contributed by atoms with E-state index in [4.69, 9.17) is 0 Å². The highest BCUT2D eigenvalue weighted by Gasteiger charge is 2.31. The van der Waals surface area contributed by atoms with Crippen molar-refractivity contribution in [1.29, 1.82) is 0 Å². The Balaban J connectivity index is 2.29. The number of carbonyl (C=O) groups is 1. The Morgan fingerprint density at radius 3 is 2.69 bits per heavy atom. The van der Waals surface area contributed by atoms with Gasteiger partial charge in [-0.1, -0.05) is 25.1 Å². The maximum atomic E-state index is 11.4. The predicted molar refractivity (Wildman–Crippen MR) is 65.5 cm³/mol. The van der Waals surface area contributed by atoms with Gasteiger partial charge < -0.3 is 5.32 Å². The lowest BCUT2D eigenvalue weighted by Crippen LogP contribution is -2.27. The van der Waals surface area contributed by atoms with Crippen LogP contribution in [0.5, 0.6) is 0 Å². The van der Waals surface area contributed by atoms with Crippen LogP contribution in [-0.4, -0.2) is 11.9 Å². The van der Waals surface area contributed by atoms with Gasteiger partial charge in [0.1, 0.15) is 0 Å². The van der Waals surface area contributed by atoms with Gasteiger partial charge in [0.15, 0.2) is 0 Å². The number of nitrogens with one attached hydrogen (secondary N) is 1. The maximum absolute atomic E-state index is 11.4. The van der Waals surface area contributed by atoms with Crippen LogP contribution < -0.4 is 5.32 Å². The summed E-state index contributed by atoms with van der Waals surface area (Å²) < 4.78 is 0. The van der Waals surface area contributed by atoms with Gasteiger partial charge in [-0.3, -0.25) is 4.79 Å². The number of aryl methyl sites for hydroxylation is 2. The van der Waals surface area contributed by atoms with E-state index >= 15 is 0 Å². The molecule has 1 heterocycles. The first-order valence-electron chi connectivity index (χ1n) is 5.98. The molecule has 2 nitrogen and oxygen atoms in total. The molecular formula is C14H19NO. The molecule has 1 amide bonds. The Labute approximate surface area is 97.1 Å². The number of amides is 1. The number of benzene rings is 1. The zero-order valence-corrected chi connectivity index (χ0v) is 10.2. The van der Waals surface area contributed by atoms with Gasteiger partial charge in [0.05, 0.1) is 0 Å². The Bertz CT molecular complexity index is 411. The molecular weight excluding hydrogens is 198 g/mol. The highest BCUT2D eigenvalue weighted by molar-refractivity contribution is 5.80. The number of hydrogen-bond acceptors (Lipinski definition) is 1. The van der Waals surface area contributed by atoms with Crippen LogP contribution in [0.2, 0.25) is 0 Å². The van der Waals surface area contributed by atoms with E-state index in [2.05, 4.69) is 44.3 Å². The Morgan fingerprint density at radius 1 is 1.31 bits per heavy atom.